The summed E-state index contributed by atoms with van der Waals surface area (Å²) in [6.07, 6.45) is 4.24. The molecule has 0 saturated carbocycles. The van der Waals surface area contributed by atoms with E-state index in [4.69, 9.17) is 0 Å². The van der Waals surface area contributed by atoms with E-state index >= 15 is 0 Å². The number of aldehydes is 1. The standard InChI is InChI=1S/C7H14NOP/c9-5-3-7-2-1-4-8(10)6-7/h5,7H,1-4,6,10H2. The van der Waals surface area contributed by atoms with E-state index in [0.717, 1.165) is 19.3 Å². The van der Waals surface area contributed by atoms with Gasteiger partial charge in [-0.1, -0.05) is 9.39 Å². The summed E-state index contributed by atoms with van der Waals surface area (Å²) in [6.45, 7) is 2.24. The lowest BCUT2D eigenvalue weighted by Crippen LogP contribution is -2.27. The number of piperidine rings is 1. The van der Waals surface area contributed by atoms with Gasteiger partial charge in [0.1, 0.15) is 6.29 Å². The molecule has 0 bridgehead atoms. The molecule has 0 radical (unpaired) electrons. The molecule has 2 unspecified atom stereocenters. The number of carbonyl (C=O) groups excluding carboxylic acids is 1. The Morgan fingerprint density at radius 2 is 2.50 bits per heavy atom. The molecule has 1 fully saturated rings. The van der Waals surface area contributed by atoms with E-state index in [1.807, 2.05) is 0 Å². The molecule has 1 aliphatic rings. The highest BCUT2D eigenvalue weighted by atomic mass is 31.0. The number of hydrogen-bond donors (Lipinski definition) is 0. The van der Waals surface area contributed by atoms with Crippen LogP contribution in [0.1, 0.15) is 19.3 Å². The van der Waals surface area contributed by atoms with Crippen LogP contribution in [-0.4, -0.2) is 24.0 Å². The van der Waals surface area contributed by atoms with Crippen LogP contribution in [0.4, 0.5) is 0 Å². The number of carbonyl (C=O) groups is 1. The van der Waals surface area contributed by atoms with Gasteiger partial charge in [0.2, 0.25) is 0 Å². The van der Waals surface area contributed by atoms with Gasteiger partial charge in [-0.3, -0.25) is 4.67 Å². The number of hydrogen-bond acceptors (Lipinski definition) is 2. The molecular weight excluding hydrogens is 145 g/mol. The summed E-state index contributed by atoms with van der Waals surface area (Å²) in [5, 5.41) is 0. The van der Waals surface area contributed by atoms with E-state index in [1.165, 1.54) is 19.4 Å². The highest BCUT2D eigenvalue weighted by molar-refractivity contribution is 7.13. The zero-order valence-corrected chi connectivity index (χ0v) is 7.28. The minimum absolute atomic E-state index is 0.615. The normalized spacial score (nSPS) is 28.3. The van der Waals surface area contributed by atoms with Crippen LogP contribution in [0.25, 0.3) is 0 Å². The first kappa shape index (κ1) is 8.16. The van der Waals surface area contributed by atoms with Crippen molar-refractivity contribution in [1.29, 1.82) is 0 Å². The first-order valence-corrected chi connectivity index (χ1v) is 4.28. The van der Waals surface area contributed by atoms with E-state index in [9.17, 15) is 4.79 Å². The Kier molecular flexibility index (Phi) is 3.30. The minimum atomic E-state index is 0.615. The molecule has 0 amide bonds. The van der Waals surface area contributed by atoms with Crippen molar-refractivity contribution < 1.29 is 4.79 Å². The van der Waals surface area contributed by atoms with E-state index < -0.39 is 0 Å². The second kappa shape index (κ2) is 4.05. The molecule has 0 aliphatic carbocycles. The first-order valence-electron chi connectivity index (χ1n) is 3.76. The van der Waals surface area contributed by atoms with Crippen LogP contribution in [0.3, 0.4) is 0 Å². The second-order valence-electron chi connectivity index (χ2n) is 2.91. The minimum Gasteiger partial charge on any atom is -0.303 e. The van der Waals surface area contributed by atoms with E-state index in [0.29, 0.717) is 5.92 Å². The van der Waals surface area contributed by atoms with Crippen molar-refractivity contribution in [2.24, 2.45) is 5.92 Å². The van der Waals surface area contributed by atoms with Crippen LogP contribution in [0.15, 0.2) is 0 Å². The quantitative estimate of drug-likeness (QED) is 0.444. The summed E-state index contributed by atoms with van der Waals surface area (Å²) in [7, 11) is 2.70. The van der Waals surface area contributed by atoms with E-state index in [-0.39, 0.29) is 0 Å². The maximum absolute atomic E-state index is 10.2. The second-order valence-corrected chi connectivity index (χ2v) is 3.64. The van der Waals surface area contributed by atoms with Crippen molar-refractivity contribution in [3.05, 3.63) is 0 Å². The SMILES string of the molecule is O=CCC1CCCN(P)C1. The Hall–Kier alpha value is 0.0600. The van der Waals surface area contributed by atoms with Gasteiger partial charge in [0, 0.05) is 19.5 Å². The summed E-state index contributed by atoms with van der Waals surface area (Å²) in [6, 6.07) is 0. The molecule has 0 aromatic rings. The first-order chi connectivity index (χ1) is 4.83. The third kappa shape index (κ3) is 2.36. The molecule has 58 valence electrons. The molecule has 2 atom stereocenters. The van der Waals surface area contributed by atoms with Gasteiger partial charge < -0.3 is 4.79 Å². The molecule has 0 N–H and O–H groups in total. The van der Waals surface area contributed by atoms with Gasteiger partial charge in [-0.2, -0.15) is 0 Å². The van der Waals surface area contributed by atoms with Crippen LogP contribution in [0, 0.1) is 5.92 Å². The topological polar surface area (TPSA) is 20.3 Å². The Bertz CT molecular complexity index is 118. The molecule has 3 heteroatoms. The Morgan fingerprint density at radius 3 is 3.10 bits per heavy atom. The molecule has 1 aliphatic heterocycles. The third-order valence-electron chi connectivity index (χ3n) is 1.98. The van der Waals surface area contributed by atoms with Gasteiger partial charge >= 0.3 is 0 Å². The molecule has 2 nitrogen and oxygen atoms in total. The van der Waals surface area contributed by atoms with Gasteiger partial charge in [0.25, 0.3) is 0 Å². The van der Waals surface area contributed by atoms with Crippen LogP contribution >= 0.6 is 9.39 Å². The predicted octanol–water partition coefficient (Wildman–Crippen LogP) is 1.08. The average molecular weight is 159 g/mol. The smallest absolute Gasteiger partial charge is 0.120 e. The largest absolute Gasteiger partial charge is 0.303 e. The summed E-state index contributed by atoms with van der Waals surface area (Å²) in [4.78, 5) is 10.2. The monoisotopic (exact) mass is 159 g/mol. The lowest BCUT2D eigenvalue weighted by atomic mass is 9.97. The molecule has 1 heterocycles. The van der Waals surface area contributed by atoms with Gasteiger partial charge in [0.15, 0.2) is 0 Å². The van der Waals surface area contributed by atoms with Crippen LogP contribution < -0.4 is 0 Å². The van der Waals surface area contributed by atoms with Crippen molar-refractivity contribution in [3.8, 4) is 0 Å². The van der Waals surface area contributed by atoms with Gasteiger partial charge in [0.05, 0.1) is 0 Å². The van der Waals surface area contributed by atoms with E-state index in [2.05, 4.69) is 14.1 Å². The highest BCUT2D eigenvalue weighted by Gasteiger charge is 2.15. The molecular formula is C7H14NOP. The van der Waals surface area contributed by atoms with Crippen molar-refractivity contribution in [1.82, 2.24) is 4.67 Å². The van der Waals surface area contributed by atoms with Crippen LogP contribution in [0.5, 0.6) is 0 Å². The fourth-order valence-electron chi connectivity index (χ4n) is 1.43. The lowest BCUT2D eigenvalue weighted by molar-refractivity contribution is -0.108. The van der Waals surface area contributed by atoms with Crippen LogP contribution in [0.2, 0.25) is 0 Å². The Morgan fingerprint density at radius 1 is 1.70 bits per heavy atom. The molecule has 10 heavy (non-hydrogen) atoms. The zero-order valence-electron chi connectivity index (χ0n) is 6.12. The fourth-order valence-corrected chi connectivity index (χ4v) is 1.91. The number of rotatable bonds is 2. The van der Waals surface area contributed by atoms with Crippen LogP contribution in [-0.2, 0) is 4.79 Å². The average Bonchev–Trinajstić information content (AvgIpc) is 1.88. The Balaban J connectivity index is 2.24. The maximum Gasteiger partial charge on any atom is 0.120 e. The van der Waals surface area contributed by atoms with Crippen molar-refractivity contribution >= 4 is 15.7 Å². The van der Waals surface area contributed by atoms with Gasteiger partial charge in [-0.05, 0) is 18.8 Å². The molecule has 0 spiro atoms. The predicted molar refractivity (Wildman–Crippen MR) is 44.7 cm³/mol. The van der Waals surface area contributed by atoms with Crippen molar-refractivity contribution in [2.75, 3.05) is 13.1 Å². The third-order valence-corrected chi connectivity index (χ3v) is 2.45. The Labute approximate surface area is 64.2 Å². The lowest BCUT2D eigenvalue weighted by Gasteiger charge is -2.27. The molecule has 0 aromatic carbocycles. The van der Waals surface area contributed by atoms with Gasteiger partial charge in [-0.25, -0.2) is 0 Å². The molecule has 0 aromatic heterocycles. The van der Waals surface area contributed by atoms with Gasteiger partial charge in [-0.15, -0.1) is 0 Å². The fraction of sp³-hybridized carbons (Fsp3) is 0.857. The number of nitrogens with zero attached hydrogens (tertiary/aromatic N) is 1. The molecule has 1 rings (SSSR count). The van der Waals surface area contributed by atoms with Crippen molar-refractivity contribution in [2.45, 2.75) is 19.3 Å². The van der Waals surface area contributed by atoms with E-state index in [1.54, 1.807) is 0 Å². The van der Waals surface area contributed by atoms with Crippen molar-refractivity contribution in [3.63, 3.8) is 0 Å². The maximum atomic E-state index is 10.2. The molecule has 1 saturated heterocycles. The summed E-state index contributed by atoms with van der Waals surface area (Å²) in [5.74, 6) is 0.615. The summed E-state index contributed by atoms with van der Waals surface area (Å²) in [5.41, 5.74) is 0. The highest BCUT2D eigenvalue weighted by Crippen LogP contribution is 2.20. The summed E-state index contributed by atoms with van der Waals surface area (Å²) < 4.78 is 2.22. The summed E-state index contributed by atoms with van der Waals surface area (Å²) >= 11 is 0. The zero-order chi connectivity index (χ0) is 7.40.